The highest BCUT2D eigenvalue weighted by molar-refractivity contribution is 5.88. The van der Waals surface area contributed by atoms with Crippen LogP contribution < -0.4 is 0 Å². The average molecular weight is 543 g/mol. The molecular weight excluding hydrogens is 512 g/mol. The van der Waals surface area contributed by atoms with Gasteiger partial charge in [-0.25, -0.2) is 15.0 Å². The lowest BCUT2D eigenvalue weighted by Gasteiger charge is -2.28. The monoisotopic (exact) mass is 542 g/mol. The first kappa shape index (κ1) is 25.6. The third-order valence-corrected chi connectivity index (χ3v) is 7.96. The Kier molecular flexibility index (Phi) is 6.44. The van der Waals surface area contributed by atoms with E-state index in [4.69, 9.17) is 15.0 Å². The zero-order valence-electron chi connectivity index (χ0n) is 23.6. The molecule has 7 rings (SSSR count). The summed E-state index contributed by atoms with van der Waals surface area (Å²) in [6.45, 7) is 4.58. The summed E-state index contributed by atoms with van der Waals surface area (Å²) in [6.07, 6.45) is 2.29. The second-order valence-electron chi connectivity index (χ2n) is 11.0. The molecule has 5 aromatic carbocycles. The molecule has 0 unspecified atom stereocenters. The molecule has 0 aliphatic heterocycles. The lowest BCUT2D eigenvalue weighted by Crippen LogP contribution is -2.20. The van der Waals surface area contributed by atoms with E-state index in [-0.39, 0.29) is 5.41 Å². The normalized spacial score (nSPS) is 11.6. The van der Waals surface area contributed by atoms with Gasteiger partial charge in [0.15, 0.2) is 17.5 Å². The molecule has 2 aromatic heterocycles. The molecule has 0 radical (unpaired) electrons. The minimum atomic E-state index is -0.358. The number of fused-ring (bicyclic) bond motifs is 1. The van der Waals surface area contributed by atoms with E-state index < -0.39 is 0 Å². The molecule has 4 heteroatoms. The zero-order valence-corrected chi connectivity index (χ0v) is 23.6. The van der Waals surface area contributed by atoms with E-state index in [1.54, 1.807) is 0 Å². The van der Waals surface area contributed by atoms with Crippen molar-refractivity contribution in [2.75, 3.05) is 0 Å². The Morgan fingerprint density at radius 1 is 0.476 bits per heavy atom. The Bertz CT molecular complexity index is 1930. The van der Waals surface area contributed by atoms with Crippen molar-refractivity contribution in [2.45, 2.75) is 19.3 Å². The fraction of sp³-hybridized carbons (Fsp3) is 0.0789. The molecule has 0 aliphatic rings. The van der Waals surface area contributed by atoms with Gasteiger partial charge in [0.1, 0.15) is 0 Å². The summed E-state index contributed by atoms with van der Waals surface area (Å²) in [6, 6.07) is 47.9. The van der Waals surface area contributed by atoms with E-state index in [0.717, 1.165) is 27.9 Å². The fourth-order valence-corrected chi connectivity index (χ4v) is 5.78. The van der Waals surface area contributed by atoms with Gasteiger partial charge in [-0.2, -0.15) is 0 Å². The van der Waals surface area contributed by atoms with Crippen LogP contribution in [0.15, 0.2) is 146 Å². The molecule has 0 saturated heterocycles. The second-order valence-corrected chi connectivity index (χ2v) is 11.0. The fourth-order valence-electron chi connectivity index (χ4n) is 5.78. The summed E-state index contributed by atoms with van der Waals surface area (Å²) < 4.78 is 2.29. The van der Waals surface area contributed by atoms with Crippen LogP contribution in [0.25, 0.3) is 50.8 Å². The van der Waals surface area contributed by atoms with Crippen LogP contribution in [0.3, 0.4) is 0 Å². The molecule has 0 atom stereocenters. The highest BCUT2D eigenvalue weighted by atomic mass is 15.0. The molecule has 7 aromatic rings. The van der Waals surface area contributed by atoms with E-state index >= 15 is 0 Å². The maximum absolute atomic E-state index is 5.05. The lowest BCUT2D eigenvalue weighted by atomic mass is 9.76. The van der Waals surface area contributed by atoms with Gasteiger partial charge in [0.25, 0.3) is 0 Å². The van der Waals surface area contributed by atoms with E-state index in [0.29, 0.717) is 17.5 Å². The van der Waals surface area contributed by atoms with Crippen molar-refractivity contribution in [1.29, 1.82) is 0 Å². The number of benzene rings is 5. The molecule has 0 saturated carbocycles. The molecule has 0 fully saturated rings. The minimum absolute atomic E-state index is 0.358. The van der Waals surface area contributed by atoms with Crippen LogP contribution in [0.1, 0.15) is 25.0 Å². The predicted octanol–water partition coefficient (Wildman–Crippen LogP) is 9.14. The smallest absolute Gasteiger partial charge is 0.164 e. The maximum atomic E-state index is 5.05. The molecule has 0 amide bonds. The van der Waals surface area contributed by atoms with Crippen LogP contribution in [0, 0.1) is 0 Å². The molecule has 0 aliphatic carbocycles. The van der Waals surface area contributed by atoms with Crippen molar-refractivity contribution in [3.8, 4) is 39.9 Å². The first-order valence-electron chi connectivity index (χ1n) is 14.2. The summed E-state index contributed by atoms with van der Waals surface area (Å²) in [4.78, 5) is 15.0. The predicted molar refractivity (Wildman–Crippen MR) is 172 cm³/mol. The minimum Gasteiger partial charge on any atom is -0.316 e. The van der Waals surface area contributed by atoms with Crippen LogP contribution in [-0.4, -0.2) is 19.5 Å². The number of rotatable bonds is 6. The molecule has 0 bridgehead atoms. The second kappa shape index (κ2) is 10.6. The highest BCUT2D eigenvalue weighted by Gasteiger charge is 2.31. The lowest BCUT2D eigenvalue weighted by molar-refractivity contribution is 0.646. The maximum Gasteiger partial charge on any atom is 0.164 e. The molecule has 202 valence electrons. The molecule has 0 N–H and O–H groups in total. The van der Waals surface area contributed by atoms with E-state index in [9.17, 15) is 0 Å². The van der Waals surface area contributed by atoms with Crippen molar-refractivity contribution in [1.82, 2.24) is 19.5 Å². The van der Waals surface area contributed by atoms with Gasteiger partial charge in [-0.05, 0) is 29.3 Å². The van der Waals surface area contributed by atoms with Crippen molar-refractivity contribution < 1.29 is 0 Å². The summed E-state index contributed by atoms with van der Waals surface area (Å²) in [5, 5.41) is 1.23. The number of para-hydroxylation sites is 2. The number of hydrogen-bond donors (Lipinski definition) is 0. The summed E-state index contributed by atoms with van der Waals surface area (Å²) in [5.74, 6) is 1.98. The molecular formula is C38H30N4. The average Bonchev–Trinajstić information content (AvgIpc) is 3.47. The van der Waals surface area contributed by atoms with Crippen molar-refractivity contribution in [2.24, 2.45) is 0 Å². The van der Waals surface area contributed by atoms with Crippen molar-refractivity contribution >= 4 is 10.9 Å². The highest BCUT2D eigenvalue weighted by Crippen LogP contribution is 2.42. The molecule has 2 heterocycles. The topological polar surface area (TPSA) is 43.6 Å². The van der Waals surface area contributed by atoms with Crippen LogP contribution in [0.4, 0.5) is 0 Å². The summed E-state index contributed by atoms with van der Waals surface area (Å²) in [7, 11) is 0. The number of hydrogen-bond acceptors (Lipinski definition) is 3. The van der Waals surface area contributed by atoms with Gasteiger partial charge in [-0.1, -0.05) is 135 Å². The quantitative estimate of drug-likeness (QED) is 0.210. The van der Waals surface area contributed by atoms with Crippen molar-refractivity contribution in [3.63, 3.8) is 0 Å². The Hall–Kier alpha value is -5.35. The standard InChI is InChI=1S/C38H30N4/c1-38(2,33-26-42(29-20-10-5-11-21-29)34-25-15-13-22-30(33)34)32-24-14-12-23-31(32)37-40-35(27-16-6-3-7-17-27)39-36(41-37)28-18-8-4-9-19-28/h3-26H,1-2H3. The Balaban J connectivity index is 1.43. The first-order chi connectivity index (χ1) is 20.6. The largest absolute Gasteiger partial charge is 0.316 e. The van der Waals surface area contributed by atoms with Crippen LogP contribution in [-0.2, 0) is 5.41 Å². The summed E-state index contributed by atoms with van der Waals surface area (Å²) in [5.41, 5.74) is 7.28. The Morgan fingerprint density at radius 2 is 0.976 bits per heavy atom. The molecule has 42 heavy (non-hydrogen) atoms. The van der Waals surface area contributed by atoms with Gasteiger partial charge in [0, 0.05) is 39.4 Å². The Morgan fingerprint density at radius 3 is 1.62 bits per heavy atom. The molecule has 4 nitrogen and oxygen atoms in total. The number of aromatic nitrogens is 4. The van der Waals surface area contributed by atoms with E-state index in [1.165, 1.54) is 16.5 Å². The van der Waals surface area contributed by atoms with Gasteiger partial charge in [-0.15, -0.1) is 0 Å². The van der Waals surface area contributed by atoms with Gasteiger partial charge in [-0.3, -0.25) is 0 Å². The van der Waals surface area contributed by atoms with Gasteiger partial charge >= 0.3 is 0 Å². The van der Waals surface area contributed by atoms with Crippen molar-refractivity contribution in [3.05, 3.63) is 157 Å². The van der Waals surface area contributed by atoms with Crippen LogP contribution in [0.2, 0.25) is 0 Å². The first-order valence-corrected chi connectivity index (χ1v) is 14.2. The van der Waals surface area contributed by atoms with E-state index in [2.05, 4.69) is 103 Å². The van der Waals surface area contributed by atoms with Crippen LogP contribution in [0.5, 0.6) is 0 Å². The number of nitrogens with zero attached hydrogens (tertiary/aromatic N) is 4. The van der Waals surface area contributed by atoms with Gasteiger partial charge < -0.3 is 4.57 Å². The van der Waals surface area contributed by atoms with E-state index in [1.807, 2.05) is 60.7 Å². The third kappa shape index (κ3) is 4.57. The van der Waals surface area contributed by atoms with Crippen LogP contribution >= 0.6 is 0 Å². The van der Waals surface area contributed by atoms with Gasteiger partial charge in [0.05, 0.1) is 5.52 Å². The van der Waals surface area contributed by atoms with Gasteiger partial charge in [0.2, 0.25) is 0 Å². The summed E-state index contributed by atoms with van der Waals surface area (Å²) >= 11 is 0. The molecule has 0 spiro atoms. The zero-order chi connectivity index (χ0) is 28.5. The SMILES string of the molecule is CC(C)(c1ccccc1-c1nc(-c2ccccc2)nc(-c2ccccc2)n1)c1cn(-c2ccccc2)c2ccccc12. The Labute approximate surface area is 246 Å². The third-order valence-electron chi connectivity index (χ3n) is 7.96.